The van der Waals surface area contributed by atoms with Crippen LogP contribution in [0.3, 0.4) is 0 Å². The Balaban J connectivity index is 1.55. The number of hydrogen-bond donors (Lipinski definition) is 0. The first-order chi connectivity index (χ1) is 7.34. The molecule has 0 aromatic rings. The van der Waals surface area contributed by atoms with Crippen molar-refractivity contribution < 1.29 is 8.95 Å². The third kappa shape index (κ3) is 3.63. The van der Waals surface area contributed by atoms with E-state index >= 15 is 0 Å². The summed E-state index contributed by atoms with van der Waals surface area (Å²) in [5.41, 5.74) is 1.48. The van der Waals surface area contributed by atoms with E-state index in [1.165, 1.54) is 37.7 Å². The second kappa shape index (κ2) is 5.69. The highest BCUT2D eigenvalue weighted by atomic mass is 32.2. The summed E-state index contributed by atoms with van der Waals surface area (Å²) in [5.74, 6) is 2.47. The van der Waals surface area contributed by atoms with Crippen LogP contribution in [-0.4, -0.2) is 22.3 Å². The van der Waals surface area contributed by atoms with Gasteiger partial charge in [0.05, 0.1) is 12.9 Å². The van der Waals surface area contributed by atoms with E-state index in [1.54, 1.807) is 0 Å². The zero-order valence-electron chi connectivity index (χ0n) is 9.24. The van der Waals surface area contributed by atoms with E-state index in [2.05, 4.69) is 0 Å². The lowest BCUT2D eigenvalue weighted by atomic mass is 9.96. The first kappa shape index (κ1) is 11.2. The number of hydrogen-bond acceptors (Lipinski definition) is 2. The zero-order valence-corrected chi connectivity index (χ0v) is 10.1. The first-order valence-corrected chi connectivity index (χ1v) is 7.48. The molecule has 0 unspecified atom stereocenters. The molecule has 0 bridgehead atoms. The number of allylic oxidation sites excluding steroid dienone is 1. The van der Waals surface area contributed by atoms with Crippen molar-refractivity contribution in [3.8, 4) is 0 Å². The zero-order chi connectivity index (χ0) is 10.5. The van der Waals surface area contributed by atoms with Crippen molar-refractivity contribution in [1.82, 2.24) is 0 Å². The molecule has 1 saturated heterocycles. The van der Waals surface area contributed by atoms with Gasteiger partial charge in [-0.1, -0.05) is 6.42 Å². The molecule has 2 rings (SSSR count). The molecule has 0 amide bonds. The fourth-order valence-corrected chi connectivity index (χ4v) is 3.47. The van der Waals surface area contributed by atoms with Crippen molar-refractivity contribution in [2.45, 2.75) is 38.5 Å². The first-order valence-electron chi connectivity index (χ1n) is 5.99. The summed E-state index contributed by atoms with van der Waals surface area (Å²) < 4.78 is 16.4. The van der Waals surface area contributed by atoms with E-state index in [4.69, 9.17) is 4.74 Å². The second-order valence-electron chi connectivity index (χ2n) is 4.64. The maximum absolute atomic E-state index is 10.8. The van der Waals surface area contributed by atoms with Gasteiger partial charge in [0.1, 0.15) is 0 Å². The Morgan fingerprint density at radius 1 is 1.27 bits per heavy atom. The molecular weight excluding hydrogens is 208 g/mol. The quantitative estimate of drug-likeness (QED) is 0.546. The van der Waals surface area contributed by atoms with Crippen LogP contribution >= 0.6 is 0 Å². The lowest BCUT2D eigenvalue weighted by molar-refractivity contribution is 0.223. The smallest absolute Gasteiger partial charge is 0.0876 e. The van der Waals surface area contributed by atoms with Crippen LogP contribution in [0.4, 0.5) is 0 Å². The molecular formula is C12H20O2S. The summed E-state index contributed by atoms with van der Waals surface area (Å²) in [7, 11) is -0.503. The van der Waals surface area contributed by atoms with Gasteiger partial charge >= 0.3 is 0 Å². The third-order valence-electron chi connectivity index (χ3n) is 3.23. The molecule has 0 spiro atoms. The van der Waals surface area contributed by atoms with Gasteiger partial charge in [0, 0.05) is 22.3 Å². The Bertz CT molecular complexity index is 244. The Kier molecular flexibility index (Phi) is 4.24. The number of ether oxygens (including phenoxy) is 1. The highest BCUT2D eigenvalue weighted by Gasteiger charge is 2.24. The van der Waals surface area contributed by atoms with Crippen LogP contribution in [0.15, 0.2) is 11.8 Å². The van der Waals surface area contributed by atoms with Gasteiger partial charge in [0.25, 0.3) is 0 Å². The van der Waals surface area contributed by atoms with E-state index in [0.717, 1.165) is 24.5 Å². The van der Waals surface area contributed by atoms with E-state index < -0.39 is 10.8 Å². The van der Waals surface area contributed by atoms with Crippen LogP contribution in [0.5, 0.6) is 0 Å². The van der Waals surface area contributed by atoms with Crippen LogP contribution < -0.4 is 0 Å². The normalized spacial score (nSPS) is 30.8. The fraction of sp³-hybridized carbons (Fsp3) is 0.833. The maximum Gasteiger partial charge on any atom is 0.0876 e. The molecule has 1 heterocycles. The van der Waals surface area contributed by atoms with Gasteiger partial charge in [-0.2, -0.15) is 0 Å². The number of rotatable bonds is 4. The van der Waals surface area contributed by atoms with Crippen LogP contribution in [0.25, 0.3) is 0 Å². The predicted molar refractivity (Wildman–Crippen MR) is 63.1 cm³/mol. The Hall–Kier alpha value is -0.310. The third-order valence-corrected chi connectivity index (χ3v) is 4.92. The molecule has 86 valence electrons. The lowest BCUT2D eigenvalue weighted by Gasteiger charge is -2.24. The molecule has 0 aromatic heterocycles. The minimum Gasteiger partial charge on any atom is -0.501 e. The molecule has 1 saturated carbocycles. The topological polar surface area (TPSA) is 26.3 Å². The van der Waals surface area contributed by atoms with Crippen molar-refractivity contribution in [2.75, 3.05) is 18.1 Å². The molecule has 15 heavy (non-hydrogen) atoms. The average molecular weight is 228 g/mol. The van der Waals surface area contributed by atoms with E-state index in [1.807, 2.05) is 6.26 Å². The van der Waals surface area contributed by atoms with Gasteiger partial charge in [-0.15, -0.1) is 0 Å². The van der Waals surface area contributed by atoms with Crippen molar-refractivity contribution in [3.63, 3.8) is 0 Å². The molecule has 0 aromatic carbocycles. The standard InChI is InChI=1S/C12H20O2S/c13-15-9-12(10-15)6-7-14-8-11-4-2-1-3-5-11/h8,12H,1-7,9-10H2. The molecule has 2 aliphatic rings. The molecule has 0 atom stereocenters. The minimum atomic E-state index is -0.503. The van der Waals surface area contributed by atoms with Crippen LogP contribution in [-0.2, 0) is 15.5 Å². The predicted octanol–water partition coefficient (Wildman–Crippen LogP) is 2.62. The molecule has 0 radical (unpaired) electrons. The summed E-state index contributed by atoms with van der Waals surface area (Å²) in [6, 6.07) is 0. The molecule has 1 aliphatic carbocycles. The van der Waals surface area contributed by atoms with Crippen molar-refractivity contribution >= 4 is 10.8 Å². The Morgan fingerprint density at radius 3 is 2.67 bits per heavy atom. The highest BCUT2D eigenvalue weighted by molar-refractivity contribution is 7.86. The largest absolute Gasteiger partial charge is 0.501 e. The lowest BCUT2D eigenvalue weighted by Crippen LogP contribution is -2.31. The minimum absolute atomic E-state index is 0.503. The van der Waals surface area contributed by atoms with Crippen LogP contribution in [0.1, 0.15) is 38.5 Å². The van der Waals surface area contributed by atoms with Crippen LogP contribution in [0.2, 0.25) is 0 Å². The fourth-order valence-electron chi connectivity index (χ4n) is 2.18. The summed E-state index contributed by atoms with van der Waals surface area (Å²) >= 11 is 0. The van der Waals surface area contributed by atoms with Crippen LogP contribution in [0, 0.1) is 5.92 Å². The van der Waals surface area contributed by atoms with Gasteiger partial charge in [-0.25, -0.2) is 0 Å². The van der Waals surface area contributed by atoms with Gasteiger partial charge in [0.15, 0.2) is 0 Å². The van der Waals surface area contributed by atoms with Gasteiger partial charge < -0.3 is 4.74 Å². The summed E-state index contributed by atoms with van der Waals surface area (Å²) in [5, 5.41) is 0. The highest BCUT2D eigenvalue weighted by Crippen LogP contribution is 2.23. The Labute approximate surface area is 94.5 Å². The van der Waals surface area contributed by atoms with Gasteiger partial charge in [-0.05, 0) is 43.6 Å². The molecule has 0 N–H and O–H groups in total. The second-order valence-corrected chi connectivity index (χ2v) is 6.18. The van der Waals surface area contributed by atoms with E-state index in [-0.39, 0.29) is 0 Å². The Morgan fingerprint density at radius 2 is 2.00 bits per heavy atom. The van der Waals surface area contributed by atoms with Gasteiger partial charge in [-0.3, -0.25) is 4.21 Å². The molecule has 1 aliphatic heterocycles. The van der Waals surface area contributed by atoms with Gasteiger partial charge in [0.2, 0.25) is 0 Å². The van der Waals surface area contributed by atoms with E-state index in [0.29, 0.717) is 5.92 Å². The summed E-state index contributed by atoms with van der Waals surface area (Å²) in [4.78, 5) is 0. The molecule has 2 nitrogen and oxygen atoms in total. The van der Waals surface area contributed by atoms with Crippen molar-refractivity contribution in [3.05, 3.63) is 11.8 Å². The van der Waals surface area contributed by atoms with Crippen molar-refractivity contribution in [2.24, 2.45) is 5.92 Å². The molecule has 3 heteroatoms. The van der Waals surface area contributed by atoms with Crippen molar-refractivity contribution in [1.29, 1.82) is 0 Å². The monoisotopic (exact) mass is 228 g/mol. The summed E-state index contributed by atoms with van der Waals surface area (Å²) in [6.07, 6.45) is 9.56. The summed E-state index contributed by atoms with van der Waals surface area (Å²) in [6.45, 7) is 0.811. The van der Waals surface area contributed by atoms with E-state index in [9.17, 15) is 4.21 Å². The maximum atomic E-state index is 10.8. The SMILES string of the molecule is O=S1CC(CCOC=C2CCCCC2)C1. The molecule has 2 fully saturated rings. The average Bonchev–Trinajstić information content (AvgIpc) is 2.23.